The Labute approximate surface area is 88.2 Å². The largest absolute Gasteiger partial charge is 0.389 e. The number of aromatic nitrogens is 2. The van der Waals surface area contributed by atoms with Gasteiger partial charge in [-0.1, -0.05) is 13.3 Å². The van der Waals surface area contributed by atoms with Gasteiger partial charge in [0, 0.05) is 6.42 Å². The van der Waals surface area contributed by atoms with Crippen molar-refractivity contribution in [3.8, 4) is 0 Å². The van der Waals surface area contributed by atoms with Crippen molar-refractivity contribution < 1.29 is 5.11 Å². The predicted molar refractivity (Wildman–Crippen MR) is 56.3 cm³/mol. The van der Waals surface area contributed by atoms with Gasteiger partial charge in [-0.3, -0.25) is 0 Å². The van der Waals surface area contributed by atoms with Crippen LogP contribution in [0.1, 0.15) is 36.2 Å². The van der Waals surface area contributed by atoms with Crippen molar-refractivity contribution >= 4 is 11.3 Å². The van der Waals surface area contributed by atoms with E-state index in [9.17, 15) is 5.11 Å². The summed E-state index contributed by atoms with van der Waals surface area (Å²) in [6.45, 7) is 4.07. The molecule has 1 fully saturated rings. The van der Waals surface area contributed by atoms with E-state index in [-0.39, 0.29) is 0 Å². The molecule has 0 aromatic carbocycles. The average molecular weight is 212 g/mol. The smallest absolute Gasteiger partial charge is 0.120 e. The summed E-state index contributed by atoms with van der Waals surface area (Å²) in [7, 11) is 0. The minimum Gasteiger partial charge on any atom is -0.389 e. The second kappa shape index (κ2) is 3.59. The molecule has 1 aliphatic carbocycles. The average Bonchev–Trinajstić information content (AvgIpc) is 2.62. The summed E-state index contributed by atoms with van der Waals surface area (Å²) in [5, 5.41) is 20.4. The third kappa shape index (κ3) is 1.81. The number of aliphatic hydroxyl groups is 1. The molecule has 3 nitrogen and oxygen atoms in total. The maximum absolute atomic E-state index is 10.4. The first-order valence-electron chi connectivity index (χ1n) is 5.11. The second-order valence-corrected chi connectivity index (χ2v) is 5.55. The summed E-state index contributed by atoms with van der Waals surface area (Å²) >= 11 is 1.59. The van der Waals surface area contributed by atoms with Gasteiger partial charge < -0.3 is 5.11 Å². The van der Waals surface area contributed by atoms with Crippen molar-refractivity contribution in [3.05, 3.63) is 10.0 Å². The van der Waals surface area contributed by atoms with Gasteiger partial charge in [0.05, 0.1) is 5.60 Å². The van der Waals surface area contributed by atoms with Crippen molar-refractivity contribution in [1.82, 2.24) is 10.2 Å². The van der Waals surface area contributed by atoms with Gasteiger partial charge in [0.2, 0.25) is 0 Å². The highest BCUT2D eigenvalue weighted by atomic mass is 32.1. The molecule has 1 aromatic rings. The molecule has 0 spiro atoms. The molecule has 0 aliphatic heterocycles. The molecule has 2 rings (SSSR count). The zero-order valence-corrected chi connectivity index (χ0v) is 9.47. The van der Waals surface area contributed by atoms with E-state index in [2.05, 4.69) is 17.1 Å². The molecule has 1 aliphatic rings. The number of aryl methyl sites for hydroxylation is 1. The van der Waals surface area contributed by atoms with Crippen LogP contribution in [0.3, 0.4) is 0 Å². The molecule has 1 aromatic heterocycles. The van der Waals surface area contributed by atoms with Gasteiger partial charge in [-0.25, -0.2) is 0 Å². The zero-order valence-electron chi connectivity index (χ0n) is 8.66. The standard InChI is InChI=1S/C10H16N2OS/c1-7-4-3-5-10(7,13)6-9-12-11-8(2)14-9/h7,13H,3-6H2,1-2H3. The lowest BCUT2D eigenvalue weighted by atomic mass is 9.89. The van der Waals surface area contributed by atoms with E-state index in [0.29, 0.717) is 12.3 Å². The van der Waals surface area contributed by atoms with Crippen LogP contribution in [0.5, 0.6) is 0 Å². The lowest BCUT2D eigenvalue weighted by Gasteiger charge is -2.26. The maximum atomic E-state index is 10.4. The van der Waals surface area contributed by atoms with Gasteiger partial charge in [0.25, 0.3) is 0 Å². The molecule has 2 unspecified atom stereocenters. The molecule has 1 saturated carbocycles. The first kappa shape index (κ1) is 10.1. The number of hydrogen-bond acceptors (Lipinski definition) is 4. The molecule has 2 atom stereocenters. The van der Waals surface area contributed by atoms with Crippen LogP contribution in [-0.4, -0.2) is 20.9 Å². The molecular formula is C10H16N2OS. The van der Waals surface area contributed by atoms with E-state index in [4.69, 9.17) is 0 Å². The lowest BCUT2D eigenvalue weighted by Crippen LogP contribution is -2.34. The van der Waals surface area contributed by atoms with Gasteiger partial charge >= 0.3 is 0 Å². The fraction of sp³-hybridized carbons (Fsp3) is 0.800. The summed E-state index contributed by atoms with van der Waals surface area (Å²) in [5.74, 6) is 0.395. The SMILES string of the molecule is Cc1nnc(CC2(O)CCCC2C)s1. The van der Waals surface area contributed by atoms with Crippen LogP contribution in [0.25, 0.3) is 0 Å². The van der Waals surface area contributed by atoms with Gasteiger partial charge in [0.15, 0.2) is 0 Å². The van der Waals surface area contributed by atoms with Gasteiger partial charge in [-0.15, -0.1) is 21.5 Å². The summed E-state index contributed by atoms with van der Waals surface area (Å²) in [5.41, 5.74) is -0.522. The molecule has 14 heavy (non-hydrogen) atoms. The Morgan fingerprint density at radius 2 is 2.36 bits per heavy atom. The molecule has 4 heteroatoms. The fourth-order valence-electron chi connectivity index (χ4n) is 2.16. The monoisotopic (exact) mass is 212 g/mol. The summed E-state index contributed by atoms with van der Waals surface area (Å²) in [4.78, 5) is 0. The highest BCUT2D eigenvalue weighted by Crippen LogP contribution is 2.38. The van der Waals surface area contributed by atoms with Crippen LogP contribution in [0.4, 0.5) is 0 Å². The third-order valence-electron chi connectivity index (χ3n) is 3.19. The van der Waals surface area contributed by atoms with E-state index < -0.39 is 5.60 Å². The lowest BCUT2D eigenvalue weighted by molar-refractivity contribution is 0.00943. The Morgan fingerprint density at radius 1 is 1.57 bits per heavy atom. The highest BCUT2D eigenvalue weighted by Gasteiger charge is 2.38. The van der Waals surface area contributed by atoms with Crippen LogP contribution in [0, 0.1) is 12.8 Å². The summed E-state index contributed by atoms with van der Waals surface area (Å²) in [6, 6.07) is 0. The number of nitrogens with zero attached hydrogens (tertiary/aromatic N) is 2. The number of hydrogen-bond donors (Lipinski definition) is 1. The topological polar surface area (TPSA) is 46.0 Å². The van der Waals surface area contributed by atoms with Crippen molar-refractivity contribution in [2.45, 2.75) is 45.1 Å². The van der Waals surface area contributed by atoms with Crippen LogP contribution in [-0.2, 0) is 6.42 Å². The Balaban J connectivity index is 2.10. The van der Waals surface area contributed by atoms with Crippen LogP contribution in [0.15, 0.2) is 0 Å². The van der Waals surface area contributed by atoms with Crippen LogP contribution < -0.4 is 0 Å². The quantitative estimate of drug-likeness (QED) is 0.815. The van der Waals surface area contributed by atoms with E-state index in [1.807, 2.05) is 6.92 Å². The van der Waals surface area contributed by atoms with Crippen molar-refractivity contribution in [2.75, 3.05) is 0 Å². The van der Waals surface area contributed by atoms with Gasteiger partial charge in [-0.2, -0.15) is 0 Å². The predicted octanol–water partition coefficient (Wildman–Crippen LogP) is 1.94. The molecule has 1 heterocycles. The molecule has 78 valence electrons. The molecule has 0 bridgehead atoms. The second-order valence-electron chi connectivity index (χ2n) is 4.29. The minimum absolute atomic E-state index is 0.395. The maximum Gasteiger partial charge on any atom is 0.120 e. The summed E-state index contributed by atoms with van der Waals surface area (Å²) < 4.78 is 0. The van der Waals surface area contributed by atoms with Crippen LogP contribution in [0.2, 0.25) is 0 Å². The normalized spacial score (nSPS) is 32.4. The Kier molecular flexibility index (Phi) is 2.58. The Morgan fingerprint density at radius 3 is 2.86 bits per heavy atom. The van der Waals surface area contributed by atoms with Crippen molar-refractivity contribution in [3.63, 3.8) is 0 Å². The first-order valence-corrected chi connectivity index (χ1v) is 5.93. The highest BCUT2D eigenvalue weighted by molar-refractivity contribution is 7.11. The fourth-order valence-corrected chi connectivity index (χ4v) is 2.99. The van der Waals surface area contributed by atoms with Crippen molar-refractivity contribution in [2.24, 2.45) is 5.92 Å². The molecule has 0 saturated heterocycles. The van der Waals surface area contributed by atoms with Crippen LogP contribution >= 0.6 is 11.3 Å². The van der Waals surface area contributed by atoms with Gasteiger partial charge in [-0.05, 0) is 25.7 Å². The molecule has 0 amide bonds. The van der Waals surface area contributed by atoms with E-state index in [1.165, 1.54) is 0 Å². The molecular weight excluding hydrogens is 196 g/mol. The first-order chi connectivity index (χ1) is 6.60. The summed E-state index contributed by atoms with van der Waals surface area (Å²) in [6.07, 6.45) is 3.86. The minimum atomic E-state index is -0.522. The number of rotatable bonds is 2. The third-order valence-corrected chi connectivity index (χ3v) is 4.03. The van der Waals surface area contributed by atoms with Gasteiger partial charge in [0.1, 0.15) is 10.0 Å². The Hall–Kier alpha value is -0.480. The van der Waals surface area contributed by atoms with Crippen molar-refractivity contribution in [1.29, 1.82) is 0 Å². The molecule has 1 N–H and O–H groups in total. The van der Waals surface area contributed by atoms with E-state index >= 15 is 0 Å². The zero-order chi connectivity index (χ0) is 10.2. The van der Waals surface area contributed by atoms with E-state index in [0.717, 1.165) is 29.3 Å². The van der Waals surface area contributed by atoms with E-state index in [1.54, 1.807) is 11.3 Å². The molecule has 0 radical (unpaired) electrons. The Bertz CT molecular complexity index is 326.